The summed E-state index contributed by atoms with van der Waals surface area (Å²) >= 11 is 0. The van der Waals surface area contributed by atoms with Gasteiger partial charge in [-0.25, -0.2) is 4.98 Å². The molecule has 4 heteroatoms. The van der Waals surface area contributed by atoms with E-state index in [1.807, 2.05) is 7.05 Å². The summed E-state index contributed by atoms with van der Waals surface area (Å²) in [5, 5.41) is 3.26. The molecule has 0 amide bonds. The average Bonchev–Trinajstić information content (AvgIpc) is 2.41. The molecule has 0 radical (unpaired) electrons. The van der Waals surface area contributed by atoms with Crippen molar-refractivity contribution in [1.29, 1.82) is 0 Å². The normalized spacial score (nSPS) is 19.8. The number of pyridine rings is 1. The van der Waals surface area contributed by atoms with E-state index in [4.69, 9.17) is 9.72 Å². The number of hydrogen-bond acceptors (Lipinski definition) is 4. The molecule has 0 aromatic carbocycles. The Morgan fingerprint density at radius 2 is 2.26 bits per heavy atom. The van der Waals surface area contributed by atoms with E-state index in [9.17, 15) is 0 Å². The van der Waals surface area contributed by atoms with Gasteiger partial charge in [-0.1, -0.05) is 6.92 Å². The lowest BCUT2D eigenvalue weighted by Crippen LogP contribution is -2.46. The van der Waals surface area contributed by atoms with Crippen molar-refractivity contribution in [2.75, 3.05) is 31.7 Å². The molecule has 106 valence electrons. The van der Waals surface area contributed by atoms with Crippen LogP contribution in [-0.4, -0.2) is 37.8 Å². The maximum absolute atomic E-state index is 5.60. The van der Waals surface area contributed by atoms with Crippen LogP contribution in [0.3, 0.4) is 0 Å². The topological polar surface area (TPSA) is 37.4 Å². The lowest BCUT2D eigenvalue weighted by Gasteiger charge is -2.37. The summed E-state index contributed by atoms with van der Waals surface area (Å²) in [4.78, 5) is 7.23. The number of anilines is 1. The standard InChI is InChI=1S/C15H25N3O/c1-5-13-10-19-7-6-18(13)15-14(9-16-4)11(2)8-12(3)17-15/h8,13,16H,5-7,9-10H2,1-4H3. The molecule has 1 fully saturated rings. The molecule has 19 heavy (non-hydrogen) atoms. The van der Waals surface area contributed by atoms with Crippen LogP contribution in [0.1, 0.15) is 30.2 Å². The predicted octanol–water partition coefficient (Wildman–Crippen LogP) is 2.03. The summed E-state index contributed by atoms with van der Waals surface area (Å²) < 4.78 is 5.60. The molecule has 1 saturated heterocycles. The van der Waals surface area contributed by atoms with Gasteiger partial charge < -0.3 is 15.0 Å². The minimum Gasteiger partial charge on any atom is -0.377 e. The van der Waals surface area contributed by atoms with E-state index in [0.717, 1.165) is 44.2 Å². The lowest BCUT2D eigenvalue weighted by atomic mass is 10.1. The van der Waals surface area contributed by atoms with Gasteiger partial charge in [0.25, 0.3) is 0 Å². The highest BCUT2D eigenvalue weighted by atomic mass is 16.5. The van der Waals surface area contributed by atoms with Crippen molar-refractivity contribution < 1.29 is 4.74 Å². The van der Waals surface area contributed by atoms with Gasteiger partial charge in [0.05, 0.1) is 19.3 Å². The Labute approximate surface area is 116 Å². The van der Waals surface area contributed by atoms with Crippen LogP contribution in [0.15, 0.2) is 6.07 Å². The summed E-state index contributed by atoms with van der Waals surface area (Å²) in [6, 6.07) is 2.61. The van der Waals surface area contributed by atoms with Crippen molar-refractivity contribution in [3.05, 3.63) is 22.9 Å². The van der Waals surface area contributed by atoms with E-state index in [0.29, 0.717) is 6.04 Å². The first-order valence-corrected chi connectivity index (χ1v) is 7.13. The van der Waals surface area contributed by atoms with Crippen LogP contribution >= 0.6 is 0 Å². The third-order valence-electron chi connectivity index (χ3n) is 3.78. The summed E-state index contributed by atoms with van der Waals surface area (Å²) in [7, 11) is 1.99. The van der Waals surface area contributed by atoms with E-state index in [-0.39, 0.29) is 0 Å². The first-order chi connectivity index (χ1) is 9.17. The summed E-state index contributed by atoms with van der Waals surface area (Å²) in [5.41, 5.74) is 3.72. The zero-order chi connectivity index (χ0) is 13.8. The van der Waals surface area contributed by atoms with Gasteiger partial charge in [0.1, 0.15) is 5.82 Å². The van der Waals surface area contributed by atoms with E-state index in [2.05, 4.69) is 37.1 Å². The maximum atomic E-state index is 5.60. The van der Waals surface area contributed by atoms with Gasteiger partial charge in [-0.3, -0.25) is 0 Å². The van der Waals surface area contributed by atoms with Crippen molar-refractivity contribution in [3.8, 4) is 0 Å². The van der Waals surface area contributed by atoms with Crippen LogP contribution in [0, 0.1) is 13.8 Å². The zero-order valence-electron chi connectivity index (χ0n) is 12.5. The SMILES string of the molecule is CCC1COCCN1c1nc(C)cc(C)c1CNC. The Morgan fingerprint density at radius 1 is 1.47 bits per heavy atom. The first-order valence-electron chi connectivity index (χ1n) is 7.13. The quantitative estimate of drug-likeness (QED) is 0.902. The van der Waals surface area contributed by atoms with Crippen molar-refractivity contribution in [2.24, 2.45) is 0 Å². The number of morpholine rings is 1. The number of aryl methyl sites for hydroxylation is 2. The van der Waals surface area contributed by atoms with Gasteiger partial charge in [0.15, 0.2) is 0 Å². The minimum atomic E-state index is 0.443. The monoisotopic (exact) mass is 263 g/mol. The largest absolute Gasteiger partial charge is 0.377 e. The molecule has 1 aliphatic heterocycles. The Kier molecular flexibility index (Phi) is 4.77. The predicted molar refractivity (Wildman–Crippen MR) is 78.7 cm³/mol. The second kappa shape index (κ2) is 6.35. The molecule has 1 aliphatic rings. The molecule has 0 spiro atoms. The molecule has 1 unspecified atom stereocenters. The van der Waals surface area contributed by atoms with E-state index in [1.165, 1.54) is 11.1 Å². The number of rotatable bonds is 4. The Hall–Kier alpha value is -1.13. The summed E-state index contributed by atoms with van der Waals surface area (Å²) in [6.45, 7) is 9.86. The smallest absolute Gasteiger partial charge is 0.134 e. The van der Waals surface area contributed by atoms with Gasteiger partial charge in [0, 0.05) is 24.3 Å². The fourth-order valence-corrected chi connectivity index (χ4v) is 2.75. The lowest BCUT2D eigenvalue weighted by molar-refractivity contribution is 0.0924. The average molecular weight is 263 g/mol. The second-order valence-electron chi connectivity index (χ2n) is 5.24. The number of aromatic nitrogens is 1. The molecule has 1 aromatic rings. The highest BCUT2D eigenvalue weighted by molar-refractivity contribution is 5.52. The molecule has 4 nitrogen and oxygen atoms in total. The minimum absolute atomic E-state index is 0.443. The third kappa shape index (κ3) is 3.07. The molecule has 1 aromatic heterocycles. The number of ether oxygens (including phenoxy) is 1. The Balaban J connectivity index is 2.40. The van der Waals surface area contributed by atoms with Gasteiger partial charge in [-0.2, -0.15) is 0 Å². The molecule has 1 N–H and O–H groups in total. The Morgan fingerprint density at radius 3 is 2.95 bits per heavy atom. The van der Waals surface area contributed by atoms with Gasteiger partial charge in [-0.05, 0) is 38.9 Å². The van der Waals surface area contributed by atoms with Crippen LogP contribution < -0.4 is 10.2 Å². The molecule has 0 bridgehead atoms. The fraction of sp³-hybridized carbons (Fsp3) is 0.667. The van der Waals surface area contributed by atoms with Crippen molar-refractivity contribution in [1.82, 2.24) is 10.3 Å². The van der Waals surface area contributed by atoms with Crippen LogP contribution in [0.4, 0.5) is 5.82 Å². The van der Waals surface area contributed by atoms with Crippen molar-refractivity contribution in [3.63, 3.8) is 0 Å². The molecule has 0 aliphatic carbocycles. The van der Waals surface area contributed by atoms with Gasteiger partial charge >= 0.3 is 0 Å². The second-order valence-corrected chi connectivity index (χ2v) is 5.24. The highest BCUT2D eigenvalue weighted by Crippen LogP contribution is 2.26. The maximum Gasteiger partial charge on any atom is 0.134 e. The van der Waals surface area contributed by atoms with E-state index < -0.39 is 0 Å². The van der Waals surface area contributed by atoms with E-state index >= 15 is 0 Å². The molecule has 0 saturated carbocycles. The molecular formula is C15H25N3O. The number of nitrogens with zero attached hydrogens (tertiary/aromatic N) is 2. The molecule has 1 atom stereocenters. The van der Waals surface area contributed by atoms with E-state index in [1.54, 1.807) is 0 Å². The van der Waals surface area contributed by atoms with Gasteiger partial charge in [0.2, 0.25) is 0 Å². The zero-order valence-corrected chi connectivity index (χ0v) is 12.5. The molecule has 2 rings (SSSR count). The Bertz CT molecular complexity index is 434. The van der Waals surface area contributed by atoms with Crippen molar-refractivity contribution >= 4 is 5.82 Å². The molecular weight excluding hydrogens is 238 g/mol. The number of hydrogen-bond donors (Lipinski definition) is 1. The summed E-state index contributed by atoms with van der Waals surface area (Å²) in [6.07, 6.45) is 1.09. The fourth-order valence-electron chi connectivity index (χ4n) is 2.75. The highest BCUT2D eigenvalue weighted by Gasteiger charge is 2.25. The number of nitrogens with one attached hydrogen (secondary N) is 1. The third-order valence-corrected chi connectivity index (χ3v) is 3.78. The summed E-state index contributed by atoms with van der Waals surface area (Å²) in [5.74, 6) is 1.14. The van der Waals surface area contributed by atoms with Crippen LogP contribution in [0.25, 0.3) is 0 Å². The van der Waals surface area contributed by atoms with Crippen molar-refractivity contribution in [2.45, 2.75) is 39.8 Å². The first kappa shape index (κ1) is 14.3. The van der Waals surface area contributed by atoms with Crippen LogP contribution in [0.5, 0.6) is 0 Å². The van der Waals surface area contributed by atoms with Crippen LogP contribution in [0.2, 0.25) is 0 Å². The molecule has 2 heterocycles. The van der Waals surface area contributed by atoms with Gasteiger partial charge in [-0.15, -0.1) is 0 Å². The van der Waals surface area contributed by atoms with Crippen LogP contribution in [-0.2, 0) is 11.3 Å².